The van der Waals surface area contributed by atoms with Crippen LogP contribution >= 0.6 is 0 Å². The second-order valence-corrected chi connectivity index (χ2v) is 7.38. The minimum Gasteiger partial charge on any atom is -0.476 e. The number of piperidine rings is 1. The molecule has 1 saturated carbocycles. The van der Waals surface area contributed by atoms with Crippen molar-refractivity contribution in [2.75, 3.05) is 18.4 Å². The fraction of sp³-hybridized carbons (Fsp3) is 0.400. The van der Waals surface area contributed by atoms with E-state index in [-0.39, 0.29) is 29.3 Å². The predicted molar refractivity (Wildman–Crippen MR) is 101 cm³/mol. The van der Waals surface area contributed by atoms with Crippen LogP contribution in [-0.4, -0.2) is 50.7 Å². The van der Waals surface area contributed by atoms with Crippen LogP contribution in [0.5, 0.6) is 0 Å². The summed E-state index contributed by atoms with van der Waals surface area (Å²) in [6, 6.07) is 8.46. The number of carbonyl (C=O) groups excluding carboxylic acids is 2. The summed E-state index contributed by atoms with van der Waals surface area (Å²) < 4.78 is 1.47. The van der Waals surface area contributed by atoms with Crippen molar-refractivity contribution in [1.29, 1.82) is 0 Å². The van der Waals surface area contributed by atoms with Crippen LogP contribution in [-0.2, 0) is 9.59 Å². The number of aromatic nitrogens is 2. The van der Waals surface area contributed by atoms with Gasteiger partial charge in [-0.2, -0.15) is 5.10 Å². The number of nitrogens with one attached hydrogen (secondary N) is 1. The minimum absolute atomic E-state index is 0.0278. The molecular formula is C20H22N4O4. The zero-order valence-corrected chi connectivity index (χ0v) is 15.4. The lowest BCUT2D eigenvalue weighted by Crippen LogP contribution is -2.44. The quantitative estimate of drug-likeness (QED) is 0.825. The number of carbonyl (C=O) groups is 3. The second-order valence-electron chi connectivity index (χ2n) is 7.38. The van der Waals surface area contributed by atoms with E-state index >= 15 is 0 Å². The first-order chi connectivity index (χ1) is 13.5. The molecule has 2 amide bonds. The minimum atomic E-state index is -1.08. The SMILES string of the molecule is O=C(O)c1ccn(-c2ccc(NC(=O)C3CCCN(C(=O)C4CC4)C3)cc2)n1. The molecule has 8 nitrogen and oxygen atoms in total. The van der Waals surface area contributed by atoms with Gasteiger partial charge >= 0.3 is 5.97 Å². The number of amides is 2. The molecule has 2 N–H and O–H groups in total. The van der Waals surface area contributed by atoms with Crippen molar-refractivity contribution >= 4 is 23.5 Å². The monoisotopic (exact) mass is 382 g/mol. The fourth-order valence-electron chi connectivity index (χ4n) is 3.50. The van der Waals surface area contributed by atoms with Crippen LogP contribution in [0.25, 0.3) is 5.69 Å². The number of hydrogen-bond donors (Lipinski definition) is 2. The highest BCUT2D eigenvalue weighted by Crippen LogP contribution is 2.32. The lowest BCUT2D eigenvalue weighted by atomic mass is 9.96. The molecule has 2 fully saturated rings. The molecule has 1 aromatic heterocycles. The number of nitrogens with zero attached hydrogens (tertiary/aromatic N) is 3. The first kappa shape index (κ1) is 18.2. The summed E-state index contributed by atoms with van der Waals surface area (Å²) >= 11 is 0. The Kier molecular flexibility index (Phi) is 4.85. The van der Waals surface area contributed by atoms with Gasteiger partial charge in [-0.3, -0.25) is 9.59 Å². The molecule has 1 unspecified atom stereocenters. The van der Waals surface area contributed by atoms with Gasteiger partial charge < -0.3 is 15.3 Å². The number of carboxylic acids is 1. The maximum Gasteiger partial charge on any atom is 0.356 e. The smallest absolute Gasteiger partial charge is 0.356 e. The molecule has 2 aromatic rings. The average molecular weight is 382 g/mol. The van der Waals surface area contributed by atoms with Gasteiger partial charge in [-0.1, -0.05) is 0 Å². The zero-order chi connectivity index (χ0) is 19.7. The van der Waals surface area contributed by atoms with Crippen LogP contribution in [0.2, 0.25) is 0 Å². The number of likely N-dealkylation sites (tertiary alicyclic amines) is 1. The van der Waals surface area contributed by atoms with Crippen molar-refractivity contribution in [3.8, 4) is 5.69 Å². The van der Waals surface area contributed by atoms with Gasteiger partial charge in [0.05, 0.1) is 11.6 Å². The molecule has 146 valence electrons. The van der Waals surface area contributed by atoms with Crippen molar-refractivity contribution < 1.29 is 19.5 Å². The molecule has 0 bridgehead atoms. The Labute approximate surface area is 162 Å². The van der Waals surface area contributed by atoms with E-state index in [1.165, 1.54) is 10.7 Å². The number of rotatable bonds is 5. The Morgan fingerprint density at radius 2 is 1.79 bits per heavy atom. The first-order valence-electron chi connectivity index (χ1n) is 9.50. The van der Waals surface area contributed by atoms with E-state index in [0.29, 0.717) is 17.9 Å². The summed E-state index contributed by atoms with van der Waals surface area (Å²) in [6.07, 6.45) is 5.15. The number of benzene rings is 1. The molecule has 2 heterocycles. The molecule has 28 heavy (non-hydrogen) atoms. The van der Waals surface area contributed by atoms with E-state index < -0.39 is 5.97 Å². The fourth-order valence-corrected chi connectivity index (χ4v) is 3.50. The molecule has 1 aromatic carbocycles. The van der Waals surface area contributed by atoms with Crippen molar-refractivity contribution in [2.45, 2.75) is 25.7 Å². The van der Waals surface area contributed by atoms with Crippen molar-refractivity contribution in [3.63, 3.8) is 0 Å². The average Bonchev–Trinajstić information content (AvgIpc) is 3.44. The maximum absolute atomic E-state index is 12.6. The second kappa shape index (κ2) is 7.46. The van der Waals surface area contributed by atoms with Crippen molar-refractivity contribution in [2.24, 2.45) is 11.8 Å². The summed E-state index contributed by atoms with van der Waals surface area (Å²) in [7, 11) is 0. The first-order valence-corrected chi connectivity index (χ1v) is 9.50. The Hall–Kier alpha value is -3.16. The molecule has 1 aliphatic heterocycles. The molecule has 4 rings (SSSR count). The van der Waals surface area contributed by atoms with E-state index in [2.05, 4.69) is 10.4 Å². The third-order valence-corrected chi connectivity index (χ3v) is 5.24. The highest BCUT2D eigenvalue weighted by Gasteiger charge is 2.36. The van der Waals surface area contributed by atoms with E-state index in [0.717, 1.165) is 32.2 Å². The van der Waals surface area contributed by atoms with Crippen LogP contribution in [0.4, 0.5) is 5.69 Å². The molecule has 1 saturated heterocycles. The summed E-state index contributed by atoms with van der Waals surface area (Å²) in [5.41, 5.74) is 1.33. The largest absolute Gasteiger partial charge is 0.476 e. The Morgan fingerprint density at radius 1 is 1.04 bits per heavy atom. The lowest BCUT2D eigenvalue weighted by Gasteiger charge is -2.32. The zero-order valence-electron chi connectivity index (χ0n) is 15.4. The Bertz CT molecular complexity index is 901. The highest BCUT2D eigenvalue weighted by atomic mass is 16.4. The number of carboxylic acid groups (broad SMARTS) is 1. The Balaban J connectivity index is 1.37. The van der Waals surface area contributed by atoms with E-state index in [4.69, 9.17) is 5.11 Å². The van der Waals surface area contributed by atoms with Gasteiger partial charge in [0.1, 0.15) is 0 Å². The summed E-state index contributed by atoms with van der Waals surface area (Å²) in [5, 5.41) is 15.8. The highest BCUT2D eigenvalue weighted by molar-refractivity contribution is 5.93. The number of hydrogen-bond acceptors (Lipinski definition) is 4. The van der Waals surface area contributed by atoms with Gasteiger partial charge in [-0.25, -0.2) is 9.48 Å². The van der Waals surface area contributed by atoms with Crippen LogP contribution in [0.15, 0.2) is 36.5 Å². The van der Waals surface area contributed by atoms with Crippen LogP contribution < -0.4 is 5.32 Å². The van der Waals surface area contributed by atoms with Crippen molar-refractivity contribution in [3.05, 3.63) is 42.2 Å². The van der Waals surface area contributed by atoms with Gasteiger partial charge in [0.25, 0.3) is 0 Å². The van der Waals surface area contributed by atoms with Gasteiger partial charge in [0, 0.05) is 30.9 Å². The van der Waals surface area contributed by atoms with E-state index in [1.807, 2.05) is 4.90 Å². The molecular weight excluding hydrogens is 360 g/mol. The molecule has 0 spiro atoms. The van der Waals surface area contributed by atoms with Crippen LogP contribution in [0.1, 0.15) is 36.2 Å². The molecule has 0 radical (unpaired) electrons. The van der Waals surface area contributed by atoms with Gasteiger partial charge in [0.15, 0.2) is 5.69 Å². The Morgan fingerprint density at radius 3 is 2.43 bits per heavy atom. The van der Waals surface area contributed by atoms with E-state index in [9.17, 15) is 14.4 Å². The molecule has 1 atom stereocenters. The lowest BCUT2D eigenvalue weighted by molar-refractivity contribution is -0.135. The topological polar surface area (TPSA) is 105 Å². The van der Waals surface area contributed by atoms with Crippen LogP contribution in [0, 0.1) is 11.8 Å². The number of anilines is 1. The maximum atomic E-state index is 12.6. The van der Waals surface area contributed by atoms with Crippen molar-refractivity contribution in [1.82, 2.24) is 14.7 Å². The van der Waals surface area contributed by atoms with Gasteiger partial charge in [-0.05, 0) is 56.0 Å². The number of aromatic carboxylic acids is 1. The molecule has 1 aliphatic carbocycles. The summed E-state index contributed by atoms with van der Waals surface area (Å²) in [6.45, 7) is 1.24. The third-order valence-electron chi connectivity index (χ3n) is 5.24. The van der Waals surface area contributed by atoms with Crippen LogP contribution in [0.3, 0.4) is 0 Å². The third kappa shape index (κ3) is 3.90. The summed E-state index contributed by atoms with van der Waals surface area (Å²) in [4.78, 5) is 37.6. The van der Waals surface area contributed by atoms with E-state index in [1.54, 1.807) is 30.5 Å². The van der Waals surface area contributed by atoms with Gasteiger partial charge in [0.2, 0.25) is 11.8 Å². The van der Waals surface area contributed by atoms with Gasteiger partial charge in [-0.15, -0.1) is 0 Å². The summed E-state index contributed by atoms with van der Waals surface area (Å²) in [5.74, 6) is -0.974. The normalized spacial score (nSPS) is 19.3. The standard InChI is InChI=1S/C20H22N4O4/c25-18(14-2-1-10-23(12-14)19(26)13-3-4-13)21-15-5-7-16(8-6-15)24-11-9-17(22-24)20(27)28/h5-9,11,13-14H,1-4,10,12H2,(H,21,25)(H,27,28). The molecule has 8 heteroatoms. The predicted octanol–water partition coefficient (Wildman–Crippen LogP) is 2.16. The molecule has 2 aliphatic rings.